The van der Waals surface area contributed by atoms with E-state index in [9.17, 15) is 5.11 Å². The fourth-order valence-corrected chi connectivity index (χ4v) is 3.18. The Morgan fingerprint density at radius 1 is 1.06 bits per heavy atom. The van der Waals surface area contributed by atoms with Crippen LogP contribution in [0, 0.1) is 5.92 Å². The van der Waals surface area contributed by atoms with Gasteiger partial charge in [-0.3, -0.25) is 0 Å². The van der Waals surface area contributed by atoms with Crippen LogP contribution in [0.3, 0.4) is 0 Å². The average molecular weight is 226 g/mol. The Labute approximate surface area is 99.4 Å². The van der Waals surface area contributed by atoms with Gasteiger partial charge in [-0.25, -0.2) is 0 Å². The molecule has 0 amide bonds. The first-order chi connectivity index (χ1) is 7.86. The number of aliphatic hydroxyl groups excluding tert-OH is 1. The monoisotopic (exact) mass is 226 g/mol. The summed E-state index contributed by atoms with van der Waals surface area (Å²) in [6.07, 6.45) is 12.8. The Balaban J connectivity index is 1.50. The van der Waals surface area contributed by atoms with Gasteiger partial charge in [-0.05, 0) is 44.4 Å². The van der Waals surface area contributed by atoms with Gasteiger partial charge in [-0.2, -0.15) is 0 Å². The van der Waals surface area contributed by atoms with Crippen molar-refractivity contribution < 1.29 is 9.84 Å². The quantitative estimate of drug-likeness (QED) is 0.704. The lowest BCUT2D eigenvalue weighted by Crippen LogP contribution is -2.17. The van der Waals surface area contributed by atoms with Gasteiger partial charge in [-0.1, -0.05) is 25.7 Å². The second-order valence-corrected chi connectivity index (χ2v) is 5.53. The van der Waals surface area contributed by atoms with Gasteiger partial charge in [0.2, 0.25) is 0 Å². The fourth-order valence-electron chi connectivity index (χ4n) is 3.18. The molecule has 94 valence electrons. The summed E-state index contributed by atoms with van der Waals surface area (Å²) in [6.45, 7) is 0.968. The molecule has 0 aromatic carbocycles. The molecule has 0 bridgehead atoms. The van der Waals surface area contributed by atoms with Gasteiger partial charge in [0.25, 0.3) is 0 Å². The van der Waals surface area contributed by atoms with Crippen molar-refractivity contribution in [2.75, 3.05) is 6.61 Å². The minimum atomic E-state index is -0.0213. The molecule has 2 aliphatic rings. The molecular weight excluding hydrogens is 200 g/mol. The minimum absolute atomic E-state index is 0.0213. The third-order valence-corrected chi connectivity index (χ3v) is 4.24. The third kappa shape index (κ3) is 3.74. The number of unbranched alkanes of at least 4 members (excludes halogenated alkanes) is 1. The SMILES string of the molecule is OC(CCCCC1CCCO1)C1CCCC1. The molecule has 2 atom stereocenters. The molecule has 0 spiro atoms. The number of hydrogen-bond acceptors (Lipinski definition) is 2. The van der Waals surface area contributed by atoms with E-state index in [1.54, 1.807) is 0 Å². The van der Waals surface area contributed by atoms with Gasteiger partial charge in [0.15, 0.2) is 0 Å². The maximum atomic E-state index is 10.0. The predicted octanol–water partition coefficient (Wildman–Crippen LogP) is 3.28. The molecule has 1 aliphatic carbocycles. The van der Waals surface area contributed by atoms with Crippen LogP contribution >= 0.6 is 0 Å². The lowest BCUT2D eigenvalue weighted by Gasteiger charge is -2.17. The van der Waals surface area contributed by atoms with Crippen LogP contribution in [0.5, 0.6) is 0 Å². The summed E-state index contributed by atoms with van der Waals surface area (Å²) in [5, 5.41) is 10.0. The van der Waals surface area contributed by atoms with E-state index in [4.69, 9.17) is 4.74 Å². The Kier molecular flexibility index (Phi) is 5.11. The highest BCUT2D eigenvalue weighted by molar-refractivity contribution is 4.75. The van der Waals surface area contributed by atoms with Crippen LogP contribution in [-0.4, -0.2) is 23.9 Å². The molecule has 2 unspecified atom stereocenters. The van der Waals surface area contributed by atoms with Crippen molar-refractivity contribution >= 4 is 0 Å². The zero-order chi connectivity index (χ0) is 11.2. The Bertz CT molecular complexity index is 181. The molecule has 2 fully saturated rings. The van der Waals surface area contributed by atoms with Crippen molar-refractivity contribution in [2.24, 2.45) is 5.92 Å². The number of hydrogen-bond donors (Lipinski definition) is 1. The molecule has 2 rings (SSSR count). The second kappa shape index (κ2) is 6.61. The smallest absolute Gasteiger partial charge is 0.0576 e. The van der Waals surface area contributed by atoms with E-state index in [1.165, 1.54) is 57.8 Å². The summed E-state index contributed by atoms with van der Waals surface area (Å²) in [5.41, 5.74) is 0. The van der Waals surface area contributed by atoms with Crippen LogP contribution in [0.2, 0.25) is 0 Å². The summed E-state index contributed by atoms with van der Waals surface area (Å²) in [7, 11) is 0. The maximum absolute atomic E-state index is 10.0. The molecule has 1 heterocycles. The first-order valence-corrected chi connectivity index (χ1v) is 7.16. The molecule has 2 nitrogen and oxygen atoms in total. The van der Waals surface area contributed by atoms with E-state index in [2.05, 4.69) is 0 Å². The van der Waals surface area contributed by atoms with E-state index >= 15 is 0 Å². The highest BCUT2D eigenvalue weighted by atomic mass is 16.5. The number of ether oxygens (including phenoxy) is 1. The topological polar surface area (TPSA) is 29.5 Å². The summed E-state index contributed by atoms with van der Waals surface area (Å²) in [6, 6.07) is 0. The summed E-state index contributed by atoms with van der Waals surface area (Å²) < 4.78 is 5.60. The summed E-state index contributed by atoms with van der Waals surface area (Å²) in [4.78, 5) is 0. The Morgan fingerprint density at radius 3 is 2.56 bits per heavy atom. The second-order valence-electron chi connectivity index (χ2n) is 5.53. The molecular formula is C14H26O2. The molecule has 0 aromatic rings. The average Bonchev–Trinajstić information content (AvgIpc) is 2.96. The predicted molar refractivity (Wildman–Crippen MR) is 65.4 cm³/mol. The third-order valence-electron chi connectivity index (χ3n) is 4.24. The lowest BCUT2D eigenvalue weighted by molar-refractivity contribution is 0.0879. The molecule has 1 N–H and O–H groups in total. The van der Waals surface area contributed by atoms with E-state index in [-0.39, 0.29) is 6.10 Å². The van der Waals surface area contributed by atoms with Gasteiger partial charge >= 0.3 is 0 Å². The van der Waals surface area contributed by atoms with Gasteiger partial charge < -0.3 is 9.84 Å². The normalized spacial score (nSPS) is 28.7. The number of aliphatic hydroxyl groups is 1. The maximum Gasteiger partial charge on any atom is 0.0576 e. The van der Waals surface area contributed by atoms with Crippen molar-refractivity contribution in [1.82, 2.24) is 0 Å². The van der Waals surface area contributed by atoms with E-state index in [1.807, 2.05) is 0 Å². The molecule has 1 saturated carbocycles. The van der Waals surface area contributed by atoms with Crippen molar-refractivity contribution in [3.8, 4) is 0 Å². The molecule has 0 aromatic heterocycles. The molecule has 0 radical (unpaired) electrons. The fraction of sp³-hybridized carbons (Fsp3) is 1.00. The Morgan fingerprint density at radius 2 is 1.88 bits per heavy atom. The van der Waals surface area contributed by atoms with Crippen molar-refractivity contribution in [1.29, 1.82) is 0 Å². The molecule has 16 heavy (non-hydrogen) atoms. The van der Waals surface area contributed by atoms with Crippen LogP contribution < -0.4 is 0 Å². The largest absolute Gasteiger partial charge is 0.393 e. The van der Waals surface area contributed by atoms with Crippen molar-refractivity contribution in [3.05, 3.63) is 0 Å². The van der Waals surface area contributed by atoms with Crippen molar-refractivity contribution in [2.45, 2.75) is 76.4 Å². The van der Waals surface area contributed by atoms with Crippen LogP contribution in [0.25, 0.3) is 0 Å². The standard InChI is InChI=1S/C14H26O2/c15-14(12-6-1-2-7-12)10-4-3-8-13-9-5-11-16-13/h12-15H,1-11H2. The first kappa shape index (κ1) is 12.4. The van der Waals surface area contributed by atoms with E-state index in [0.717, 1.165) is 13.0 Å². The van der Waals surface area contributed by atoms with Gasteiger partial charge in [-0.15, -0.1) is 0 Å². The van der Waals surface area contributed by atoms with E-state index in [0.29, 0.717) is 12.0 Å². The zero-order valence-electron chi connectivity index (χ0n) is 10.4. The van der Waals surface area contributed by atoms with Crippen LogP contribution in [0.1, 0.15) is 64.2 Å². The first-order valence-electron chi connectivity index (χ1n) is 7.16. The van der Waals surface area contributed by atoms with Crippen LogP contribution in [-0.2, 0) is 4.74 Å². The minimum Gasteiger partial charge on any atom is -0.393 e. The summed E-state index contributed by atoms with van der Waals surface area (Å²) in [5.74, 6) is 0.614. The summed E-state index contributed by atoms with van der Waals surface area (Å²) >= 11 is 0. The van der Waals surface area contributed by atoms with Crippen LogP contribution in [0.4, 0.5) is 0 Å². The number of rotatable bonds is 6. The highest BCUT2D eigenvalue weighted by Crippen LogP contribution is 2.30. The van der Waals surface area contributed by atoms with Gasteiger partial charge in [0.1, 0.15) is 0 Å². The molecule has 2 heteroatoms. The van der Waals surface area contributed by atoms with Crippen molar-refractivity contribution in [3.63, 3.8) is 0 Å². The lowest BCUT2D eigenvalue weighted by atomic mass is 9.95. The van der Waals surface area contributed by atoms with Gasteiger partial charge in [0.05, 0.1) is 12.2 Å². The Hall–Kier alpha value is -0.0800. The van der Waals surface area contributed by atoms with Gasteiger partial charge in [0, 0.05) is 6.61 Å². The van der Waals surface area contributed by atoms with E-state index < -0.39 is 0 Å². The highest BCUT2D eigenvalue weighted by Gasteiger charge is 2.22. The molecule has 1 aliphatic heterocycles. The zero-order valence-corrected chi connectivity index (χ0v) is 10.4. The molecule has 1 saturated heterocycles. The van der Waals surface area contributed by atoms with Crippen LogP contribution in [0.15, 0.2) is 0 Å².